The van der Waals surface area contributed by atoms with Crippen LogP contribution in [0.15, 0.2) is 0 Å². The molecule has 8 N–H and O–H groups in total. The fourth-order valence-electron chi connectivity index (χ4n) is 1.36. The van der Waals surface area contributed by atoms with Crippen LogP contribution in [0.25, 0.3) is 0 Å². The molecule has 19 heavy (non-hydrogen) atoms. The number of nitrogens with two attached hydrogens (primary N) is 2. The van der Waals surface area contributed by atoms with E-state index >= 15 is 0 Å². The largest absolute Gasteiger partial charge is 0.480 e. The Bertz CT molecular complexity index is 332. The molecule has 0 fully saturated rings. The lowest BCUT2D eigenvalue weighted by Crippen LogP contribution is -2.50. The van der Waals surface area contributed by atoms with Crippen molar-refractivity contribution < 1.29 is 14.7 Å². The first kappa shape index (κ1) is 17.2. The fraction of sp³-hybridized carbons (Fsp3) is 0.727. The summed E-state index contributed by atoms with van der Waals surface area (Å²) in [7, 11) is 0. The minimum atomic E-state index is -1.10. The maximum Gasteiger partial charge on any atom is 0.326 e. The van der Waals surface area contributed by atoms with Gasteiger partial charge in [-0.3, -0.25) is 10.2 Å². The number of carboxylic acids is 1. The van der Waals surface area contributed by atoms with Crippen LogP contribution in [0.1, 0.15) is 26.7 Å². The van der Waals surface area contributed by atoms with E-state index in [2.05, 4.69) is 10.6 Å². The molecule has 0 aromatic carbocycles. The highest BCUT2D eigenvalue weighted by Crippen LogP contribution is 2.02. The van der Waals surface area contributed by atoms with Crippen molar-refractivity contribution in [1.29, 1.82) is 5.41 Å². The van der Waals surface area contributed by atoms with Gasteiger partial charge in [0.25, 0.3) is 0 Å². The molecule has 0 saturated carbocycles. The summed E-state index contributed by atoms with van der Waals surface area (Å²) in [5.74, 6) is -1.80. The second-order valence-electron chi connectivity index (χ2n) is 4.65. The van der Waals surface area contributed by atoms with E-state index in [0.29, 0.717) is 13.0 Å². The summed E-state index contributed by atoms with van der Waals surface area (Å²) in [5, 5.41) is 20.9. The number of nitrogens with one attached hydrogen (secondary N) is 3. The monoisotopic (exact) mass is 273 g/mol. The van der Waals surface area contributed by atoms with Gasteiger partial charge in [0.15, 0.2) is 5.96 Å². The van der Waals surface area contributed by atoms with Gasteiger partial charge in [0, 0.05) is 6.54 Å². The normalized spacial score (nSPS) is 13.7. The van der Waals surface area contributed by atoms with Crippen molar-refractivity contribution >= 4 is 17.8 Å². The summed E-state index contributed by atoms with van der Waals surface area (Å²) in [6, 6.07) is -1.71. The molecule has 0 aliphatic rings. The number of guanidine groups is 1. The Morgan fingerprint density at radius 1 is 1.37 bits per heavy atom. The van der Waals surface area contributed by atoms with E-state index in [1.807, 2.05) is 0 Å². The molecule has 0 heterocycles. The van der Waals surface area contributed by atoms with Gasteiger partial charge in [-0.1, -0.05) is 13.8 Å². The molecule has 2 atom stereocenters. The van der Waals surface area contributed by atoms with Crippen LogP contribution in [-0.2, 0) is 9.59 Å². The number of carbonyl (C=O) groups is 2. The van der Waals surface area contributed by atoms with E-state index < -0.39 is 24.0 Å². The average molecular weight is 273 g/mol. The quantitative estimate of drug-likeness (QED) is 0.185. The molecule has 0 bridgehead atoms. The highest BCUT2D eigenvalue weighted by atomic mass is 16.4. The lowest BCUT2D eigenvalue weighted by Gasteiger charge is -2.19. The molecule has 0 saturated heterocycles. The molecule has 8 heteroatoms. The maximum absolute atomic E-state index is 11.7. The van der Waals surface area contributed by atoms with E-state index in [4.69, 9.17) is 22.0 Å². The smallest absolute Gasteiger partial charge is 0.326 e. The Labute approximate surface area is 112 Å². The first-order valence-corrected chi connectivity index (χ1v) is 6.12. The number of hydrogen-bond donors (Lipinski definition) is 6. The predicted octanol–water partition coefficient (Wildman–Crippen LogP) is -1.20. The van der Waals surface area contributed by atoms with Crippen molar-refractivity contribution in [2.45, 2.75) is 38.8 Å². The van der Waals surface area contributed by atoms with E-state index in [0.717, 1.165) is 0 Å². The molecule has 0 unspecified atom stereocenters. The number of carboxylic acid groups (broad SMARTS) is 1. The van der Waals surface area contributed by atoms with Crippen molar-refractivity contribution in [3.63, 3.8) is 0 Å². The Balaban J connectivity index is 4.23. The minimum absolute atomic E-state index is 0.0613. The number of hydrogen-bond acceptors (Lipinski definition) is 4. The van der Waals surface area contributed by atoms with Crippen LogP contribution in [-0.4, -0.2) is 41.6 Å². The number of aliphatic carboxylic acids is 1. The average Bonchev–Trinajstić information content (AvgIpc) is 2.30. The van der Waals surface area contributed by atoms with Gasteiger partial charge in [-0.2, -0.15) is 0 Å². The standard InChI is InChI=1S/C11H23N5O3/c1-6(2)8(12)9(17)16-7(10(18)19)4-3-5-15-11(13)14/h6-8H,3-5,12H2,1-2H3,(H,16,17)(H,18,19)(H4,13,14,15)/t7-,8+/m0/s1. The van der Waals surface area contributed by atoms with Crippen LogP contribution >= 0.6 is 0 Å². The third kappa shape index (κ3) is 7.24. The third-order valence-electron chi connectivity index (χ3n) is 2.62. The Morgan fingerprint density at radius 2 is 1.95 bits per heavy atom. The van der Waals surface area contributed by atoms with Crippen LogP contribution in [0.5, 0.6) is 0 Å². The van der Waals surface area contributed by atoms with Gasteiger partial charge < -0.3 is 27.2 Å². The summed E-state index contributed by atoms with van der Waals surface area (Å²) in [5.41, 5.74) is 10.7. The Kier molecular flexibility index (Phi) is 7.50. The van der Waals surface area contributed by atoms with E-state index in [1.165, 1.54) is 0 Å². The van der Waals surface area contributed by atoms with Crippen molar-refractivity contribution in [2.75, 3.05) is 6.54 Å². The molecular weight excluding hydrogens is 250 g/mol. The second-order valence-corrected chi connectivity index (χ2v) is 4.65. The first-order valence-electron chi connectivity index (χ1n) is 6.12. The minimum Gasteiger partial charge on any atom is -0.480 e. The van der Waals surface area contributed by atoms with E-state index in [1.54, 1.807) is 13.8 Å². The SMILES string of the molecule is CC(C)[C@@H](N)C(=O)N[C@@H](CCCNC(=N)N)C(=O)O. The van der Waals surface area contributed by atoms with Crippen LogP contribution in [0.3, 0.4) is 0 Å². The van der Waals surface area contributed by atoms with Crippen LogP contribution < -0.4 is 22.1 Å². The molecule has 8 nitrogen and oxygen atoms in total. The molecule has 0 spiro atoms. The number of amides is 1. The topological polar surface area (TPSA) is 154 Å². The first-order chi connectivity index (χ1) is 8.75. The van der Waals surface area contributed by atoms with Gasteiger partial charge >= 0.3 is 5.97 Å². The zero-order valence-electron chi connectivity index (χ0n) is 11.3. The second kappa shape index (κ2) is 8.30. The molecule has 0 rings (SSSR count). The van der Waals surface area contributed by atoms with Gasteiger partial charge in [-0.05, 0) is 18.8 Å². The molecule has 1 amide bonds. The van der Waals surface area contributed by atoms with Crippen molar-refractivity contribution in [1.82, 2.24) is 10.6 Å². The summed E-state index contributed by atoms with van der Waals surface area (Å²) in [4.78, 5) is 22.7. The van der Waals surface area contributed by atoms with Crippen LogP contribution in [0.4, 0.5) is 0 Å². The van der Waals surface area contributed by atoms with Gasteiger partial charge in [0.05, 0.1) is 6.04 Å². The molecule has 0 radical (unpaired) electrons. The lowest BCUT2D eigenvalue weighted by molar-refractivity contribution is -0.142. The molecule has 0 aliphatic heterocycles. The molecule has 110 valence electrons. The van der Waals surface area contributed by atoms with Gasteiger partial charge in [0.1, 0.15) is 6.04 Å². The van der Waals surface area contributed by atoms with Crippen LogP contribution in [0.2, 0.25) is 0 Å². The maximum atomic E-state index is 11.7. The van der Waals surface area contributed by atoms with Gasteiger partial charge in [0.2, 0.25) is 5.91 Å². The van der Waals surface area contributed by atoms with Crippen molar-refractivity contribution in [3.8, 4) is 0 Å². The summed E-state index contributed by atoms with van der Waals surface area (Å²) < 4.78 is 0. The fourth-order valence-corrected chi connectivity index (χ4v) is 1.36. The number of carbonyl (C=O) groups excluding carboxylic acids is 1. The van der Waals surface area contributed by atoms with E-state index in [-0.39, 0.29) is 18.3 Å². The Morgan fingerprint density at radius 3 is 2.37 bits per heavy atom. The highest BCUT2D eigenvalue weighted by Gasteiger charge is 2.24. The van der Waals surface area contributed by atoms with Gasteiger partial charge in [-0.15, -0.1) is 0 Å². The molecule has 0 aromatic heterocycles. The number of rotatable bonds is 8. The summed E-state index contributed by atoms with van der Waals surface area (Å²) in [6.45, 7) is 3.96. The zero-order chi connectivity index (χ0) is 15.0. The summed E-state index contributed by atoms with van der Waals surface area (Å²) in [6.07, 6.45) is 0.708. The van der Waals surface area contributed by atoms with Gasteiger partial charge in [-0.25, -0.2) is 4.79 Å². The Hall–Kier alpha value is -1.83. The van der Waals surface area contributed by atoms with Crippen molar-refractivity contribution in [2.24, 2.45) is 17.4 Å². The lowest BCUT2D eigenvalue weighted by atomic mass is 10.0. The predicted molar refractivity (Wildman–Crippen MR) is 71.5 cm³/mol. The third-order valence-corrected chi connectivity index (χ3v) is 2.62. The zero-order valence-corrected chi connectivity index (χ0v) is 11.3. The molecule has 0 aliphatic carbocycles. The molecule has 0 aromatic rings. The van der Waals surface area contributed by atoms with Crippen LogP contribution in [0, 0.1) is 11.3 Å². The highest BCUT2D eigenvalue weighted by molar-refractivity contribution is 5.86. The summed E-state index contributed by atoms with van der Waals surface area (Å²) >= 11 is 0. The van der Waals surface area contributed by atoms with E-state index in [9.17, 15) is 9.59 Å². The molecular formula is C11H23N5O3. The van der Waals surface area contributed by atoms with Crippen molar-refractivity contribution in [3.05, 3.63) is 0 Å².